The summed E-state index contributed by atoms with van der Waals surface area (Å²) >= 11 is 0. The molecule has 1 aliphatic rings. The fraction of sp³-hybridized carbons (Fsp3) is 0.286. The van der Waals surface area contributed by atoms with E-state index < -0.39 is 17.7 Å². The number of benzene rings is 1. The van der Waals surface area contributed by atoms with Crippen LogP contribution in [-0.4, -0.2) is 33.8 Å². The minimum atomic E-state index is -4.49. The van der Waals surface area contributed by atoms with Crippen LogP contribution < -0.4 is 10.2 Å². The first-order valence-corrected chi connectivity index (χ1v) is 9.60. The van der Waals surface area contributed by atoms with Gasteiger partial charge in [-0.15, -0.1) is 0 Å². The first-order chi connectivity index (χ1) is 14.4. The Morgan fingerprint density at radius 2 is 2.00 bits per heavy atom. The lowest BCUT2D eigenvalue weighted by Gasteiger charge is -2.34. The normalized spacial score (nSPS) is 17.0. The van der Waals surface area contributed by atoms with E-state index in [4.69, 9.17) is 0 Å². The van der Waals surface area contributed by atoms with Gasteiger partial charge in [0.05, 0.1) is 17.2 Å². The number of anilines is 2. The lowest BCUT2D eigenvalue weighted by atomic mass is 9.96. The highest BCUT2D eigenvalue weighted by atomic mass is 19.4. The summed E-state index contributed by atoms with van der Waals surface area (Å²) in [5.74, 6) is -0.778. The summed E-state index contributed by atoms with van der Waals surface area (Å²) in [4.78, 5) is 18.3. The van der Waals surface area contributed by atoms with E-state index in [9.17, 15) is 18.0 Å². The molecule has 1 atom stereocenters. The Labute approximate surface area is 171 Å². The molecule has 1 amide bonds. The molecule has 30 heavy (non-hydrogen) atoms. The van der Waals surface area contributed by atoms with Crippen LogP contribution in [0, 0.1) is 5.92 Å². The largest absolute Gasteiger partial charge is 0.419 e. The second-order valence-corrected chi connectivity index (χ2v) is 7.15. The number of carbonyl (C=O) groups is 1. The minimum Gasteiger partial charge on any atom is -0.355 e. The van der Waals surface area contributed by atoms with E-state index in [0.717, 1.165) is 11.8 Å². The molecule has 6 nitrogen and oxygen atoms in total. The van der Waals surface area contributed by atoms with Crippen molar-refractivity contribution >= 4 is 17.4 Å². The highest BCUT2D eigenvalue weighted by molar-refractivity contribution is 5.93. The average molecular weight is 415 g/mol. The highest BCUT2D eigenvalue weighted by Crippen LogP contribution is 2.36. The van der Waals surface area contributed by atoms with Crippen LogP contribution in [0.15, 0.2) is 61.1 Å². The van der Waals surface area contributed by atoms with Crippen molar-refractivity contribution in [2.75, 3.05) is 23.3 Å². The van der Waals surface area contributed by atoms with Crippen molar-refractivity contribution in [3.63, 3.8) is 0 Å². The van der Waals surface area contributed by atoms with E-state index in [1.807, 2.05) is 12.1 Å². The molecule has 0 radical (unpaired) electrons. The number of nitrogens with one attached hydrogen (secondary N) is 1. The highest BCUT2D eigenvalue weighted by Gasteiger charge is 2.37. The van der Waals surface area contributed by atoms with Gasteiger partial charge < -0.3 is 10.2 Å². The fourth-order valence-electron chi connectivity index (χ4n) is 3.65. The van der Waals surface area contributed by atoms with Crippen molar-refractivity contribution in [2.24, 2.45) is 5.92 Å². The third kappa shape index (κ3) is 4.29. The Morgan fingerprint density at radius 1 is 1.13 bits per heavy atom. The molecule has 4 rings (SSSR count). The number of carbonyl (C=O) groups excluding carboxylic acids is 1. The Kier molecular flexibility index (Phi) is 5.43. The van der Waals surface area contributed by atoms with E-state index in [1.165, 1.54) is 12.3 Å². The van der Waals surface area contributed by atoms with Gasteiger partial charge in [-0.3, -0.25) is 4.79 Å². The molecule has 2 aromatic heterocycles. The van der Waals surface area contributed by atoms with E-state index in [-0.39, 0.29) is 18.3 Å². The Hall–Kier alpha value is -3.36. The number of hydrogen-bond acceptors (Lipinski definition) is 4. The molecule has 3 aromatic rings. The predicted octanol–water partition coefficient (Wildman–Crippen LogP) is 4.14. The molecule has 1 saturated heterocycles. The van der Waals surface area contributed by atoms with Crippen molar-refractivity contribution in [2.45, 2.75) is 19.0 Å². The third-order valence-electron chi connectivity index (χ3n) is 5.07. The van der Waals surface area contributed by atoms with E-state index >= 15 is 0 Å². The van der Waals surface area contributed by atoms with E-state index in [0.29, 0.717) is 25.1 Å². The number of pyridine rings is 1. The van der Waals surface area contributed by atoms with Gasteiger partial charge in [0.1, 0.15) is 5.82 Å². The third-order valence-corrected chi connectivity index (χ3v) is 5.07. The average Bonchev–Trinajstić information content (AvgIpc) is 3.28. The Balaban J connectivity index is 1.48. The molecule has 1 fully saturated rings. The van der Waals surface area contributed by atoms with Crippen LogP contribution in [0.3, 0.4) is 0 Å². The summed E-state index contributed by atoms with van der Waals surface area (Å²) in [6, 6.07) is 11.3. The number of nitrogens with zero attached hydrogens (tertiary/aromatic N) is 4. The second-order valence-electron chi connectivity index (χ2n) is 7.15. The van der Waals surface area contributed by atoms with Crippen molar-refractivity contribution in [3.8, 4) is 5.69 Å². The first-order valence-electron chi connectivity index (χ1n) is 9.60. The van der Waals surface area contributed by atoms with Crippen LogP contribution in [0.25, 0.3) is 5.69 Å². The molecular formula is C21H20F3N5O. The van der Waals surface area contributed by atoms with Gasteiger partial charge in [0.25, 0.3) is 0 Å². The van der Waals surface area contributed by atoms with Crippen molar-refractivity contribution in [3.05, 3.63) is 66.6 Å². The molecule has 0 unspecified atom stereocenters. The summed E-state index contributed by atoms with van der Waals surface area (Å²) in [6.07, 6.45) is 1.52. The van der Waals surface area contributed by atoms with Crippen LogP contribution in [-0.2, 0) is 11.0 Å². The van der Waals surface area contributed by atoms with Gasteiger partial charge in [0.15, 0.2) is 0 Å². The zero-order chi connectivity index (χ0) is 21.1. The molecule has 0 spiro atoms. The molecule has 1 aromatic carbocycles. The Morgan fingerprint density at radius 3 is 2.77 bits per heavy atom. The molecule has 1 N–H and O–H groups in total. The monoisotopic (exact) mass is 415 g/mol. The maximum absolute atomic E-state index is 13.3. The molecule has 156 valence electrons. The van der Waals surface area contributed by atoms with Gasteiger partial charge in [-0.05, 0) is 49.2 Å². The smallest absolute Gasteiger partial charge is 0.355 e. The predicted molar refractivity (Wildman–Crippen MR) is 106 cm³/mol. The van der Waals surface area contributed by atoms with E-state index in [1.54, 1.807) is 40.2 Å². The zero-order valence-electron chi connectivity index (χ0n) is 16.0. The quantitative estimate of drug-likeness (QED) is 0.696. The van der Waals surface area contributed by atoms with Gasteiger partial charge in [0, 0.05) is 37.4 Å². The summed E-state index contributed by atoms with van der Waals surface area (Å²) in [6.45, 7) is 0.615. The van der Waals surface area contributed by atoms with Crippen molar-refractivity contribution < 1.29 is 18.0 Å². The van der Waals surface area contributed by atoms with Gasteiger partial charge in [-0.25, -0.2) is 9.67 Å². The molecule has 9 heteroatoms. The van der Waals surface area contributed by atoms with Gasteiger partial charge in [-0.1, -0.05) is 6.07 Å². The SMILES string of the molecule is O=C(Nc1cccc(-n2cccn2)c1)[C@@H]1CCCN(c2ncccc2C(F)(F)F)C1. The summed E-state index contributed by atoms with van der Waals surface area (Å²) in [5.41, 5.74) is 0.628. The van der Waals surface area contributed by atoms with Crippen molar-refractivity contribution in [1.82, 2.24) is 14.8 Å². The number of alkyl halides is 3. The van der Waals surface area contributed by atoms with Crippen LogP contribution in [0.2, 0.25) is 0 Å². The number of aromatic nitrogens is 3. The molecule has 0 bridgehead atoms. The standard InChI is InChI=1S/C21H20F3N5O/c22-21(23,24)18-8-2-9-25-19(18)28-11-3-5-15(14-28)20(30)27-16-6-1-7-17(13-16)29-12-4-10-26-29/h1-2,4,6-10,12-13,15H,3,5,11,14H2,(H,27,30)/t15-/m1/s1. The van der Waals surface area contributed by atoms with Gasteiger partial charge in [-0.2, -0.15) is 18.3 Å². The lowest BCUT2D eigenvalue weighted by molar-refractivity contribution is -0.137. The van der Waals surface area contributed by atoms with Gasteiger partial charge in [0.2, 0.25) is 5.91 Å². The Bertz CT molecular complexity index is 1020. The van der Waals surface area contributed by atoms with Crippen LogP contribution >= 0.6 is 0 Å². The van der Waals surface area contributed by atoms with Crippen LogP contribution in [0.5, 0.6) is 0 Å². The molecule has 0 saturated carbocycles. The summed E-state index contributed by atoms with van der Waals surface area (Å²) in [7, 11) is 0. The molecule has 1 aliphatic heterocycles. The number of halogens is 3. The summed E-state index contributed by atoms with van der Waals surface area (Å²) in [5, 5.41) is 7.05. The van der Waals surface area contributed by atoms with E-state index in [2.05, 4.69) is 15.4 Å². The maximum atomic E-state index is 13.3. The number of rotatable bonds is 4. The van der Waals surface area contributed by atoms with Crippen LogP contribution in [0.4, 0.5) is 24.7 Å². The molecule has 3 heterocycles. The van der Waals surface area contributed by atoms with Crippen LogP contribution in [0.1, 0.15) is 18.4 Å². The topological polar surface area (TPSA) is 63.1 Å². The van der Waals surface area contributed by atoms with Gasteiger partial charge >= 0.3 is 6.18 Å². The molecule has 0 aliphatic carbocycles. The lowest BCUT2D eigenvalue weighted by Crippen LogP contribution is -2.42. The number of hydrogen-bond donors (Lipinski definition) is 1. The second kappa shape index (κ2) is 8.17. The minimum absolute atomic E-state index is 0.122. The van der Waals surface area contributed by atoms with Crippen molar-refractivity contribution in [1.29, 1.82) is 0 Å². The first kappa shape index (κ1) is 19.9. The molecular weight excluding hydrogens is 395 g/mol. The fourth-order valence-corrected chi connectivity index (χ4v) is 3.65. The number of piperidine rings is 1. The zero-order valence-corrected chi connectivity index (χ0v) is 16.0. The number of amides is 1. The maximum Gasteiger partial charge on any atom is 0.419 e. The summed E-state index contributed by atoms with van der Waals surface area (Å²) < 4.78 is 41.7.